The van der Waals surface area contributed by atoms with Crippen molar-refractivity contribution in [3.8, 4) is 0 Å². The number of ketones is 2. The molecule has 0 aromatic heterocycles. The Labute approximate surface area is 283 Å². The van der Waals surface area contributed by atoms with E-state index in [9.17, 15) is 34.2 Å². The van der Waals surface area contributed by atoms with Crippen LogP contribution >= 0.6 is 7.82 Å². The van der Waals surface area contributed by atoms with Crippen molar-refractivity contribution >= 4 is 25.1 Å². The van der Waals surface area contributed by atoms with Crippen molar-refractivity contribution in [3.05, 3.63) is 88.5 Å². The molecule has 1 heterocycles. The van der Waals surface area contributed by atoms with Crippen molar-refractivity contribution in [2.45, 2.75) is 82.3 Å². The largest absolute Gasteiger partial charge is 0.470 e. The molecule has 0 radical (unpaired) electrons. The third-order valence-electron chi connectivity index (χ3n) is 12.2. The molecular weight excluding hydrogens is 656 g/mol. The van der Waals surface area contributed by atoms with Gasteiger partial charge in [-0.05, 0) is 74.3 Å². The summed E-state index contributed by atoms with van der Waals surface area (Å²) in [6, 6.07) is 12.8. The number of hydrogen-bond acceptors (Lipinski definition) is 9. The van der Waals surface area contributed by atoms with Gasteiger partial charge in [0.05, 0.1) is 18.8 Å². The number of aliphatic hydroxyl groups is 2. The molecule has 1 aliphatic heterocycles. The molecule has 9 atom stereocenters. The van der Waals surface area contributed by atoms with Crippen LogP contribution in [0.25, 0.3) is 0 Å². The van der Waals surface area contributed by atoms with Gasteiger partial charge in [0, 0.05) is 33.6 Å². The topological polar surface area (TPSA) is 186 Å². The Kier molecular flexibility index (Phi) is 8.25. The Balaban J connectivity index is 1.24. The van der Waals surface area contributed by atoms with Crippen LogP contribution in [0.15, 0.2) is 66.3 Å². The van der Waals surface area contributed by atoms with Crippen LogP contribution in [0.4, 0.5) is 10.1 Å². The van der Waals surface area contributed by atoms with Crippen LogP contribution < -0.4 is 5.73 Å². The summed E-state index contributed by atoms with van der Waals surface area (Å²) in [6.07, 6.45) is 2.05. The highest BCUT2D eigenvalue weighted by atomic mass is 31.2. The average Bonchev–Trinajstić information content (AvgIpc) is 3.54. The second-order valence-corrected chi connectivity index (χ2v) is 15.9. The summed E-state index contributed by atoms with van der Waals surface area (Å²) in [5.74, 6) is -2.24. The van der Waals surface area contributed by atoms with Gasteiger partial charge in [-0.3, -0.25) is 14.1 Å². The molecule has 11 nitrogen and oxygen atoms in total. The van der Waals surface area contributed by atoms with Gasteiger partial charge in [0.1, 0.15) is 6.61 Å². The number of hydrogen-bond donors (Lipinski definition) is 5. The Morgan fingerprint density at radius 3 is 2.61 bits per heavy atom. The fourth-order valence-electron chi connectivity index (χ4n) is 9.84. The van der Waals surface area contributed by atoms with Crippen LogP contribution in [0.1, 0.15) is 68.1 Å². The van der Waals surface area contributed by atoms with Crippen LogP contribution in [0.5, 0.6) is 0 Å². The van der Waals surface area contributed by atoms with E-state index in [2.05, 4.69) is 0 Å². The molecule has 0 spiro atoms. The fraction of sp³-hybridized carbons (Fsp3) is 0.500. The molecular formula is C36H41FNO10P. The molecule has 6 N–H and O–H groups in total. The summed E-state index contributed by atoms with van der Waals surface area (Å²) < 4.78 is 47.3. The zero-order chi connectivity index (χ0) is 35.1. The number of carbonyl (C=O) groups is 2. The number of anilines is 1. The first-order valence-corrected chi connectivity index (χ1v) is 18.0. The molecule has 2 aromatic carbocycles. The minimum atomic E-state index is -5.05. The Hall–Kier alpha value is -3.06. The summed E-state index contributed by atoms with van der Waals surface area (Å²) in [5, 5.41) is 21.3. The number of phosphoric acid groups is 1. The number of fused-ring (bicyclic) bond motifs is 7. The molecule has 4 fully saturated rings. The van der Waals surface area contributed by atoms with Crippen molar-refractivity contribution in [1.29, 1.82) is 0 Å². The smallest absolute Gasteiger partial charge is 0.398 e. The molecule has 0 amide bonds. The lowest BCUT2D eigenvalue weighted by atomic mass is 9.44. The van der Waals surface area contributed by atoms with Crippen LogP contribution in [0.2, 0.25) is 0 Å². The highest BCUT2D eigenvalue weighted by Gasteiger charge is 2.79. The number of nitrogen functional groups attached to an aromatic ring is 1. The first-order valence-electron chi connectivity index (χ1n) is 16.5. The minimum Gasteiger partial charge on any atom is -0.398 e. The quantitative estimate of drug-likeness (QED) is 0.197. The first kappa shape index (κ1) is 34.4. The lowest BCUT2D eigenvalue weighted by Gasteiger charge is -2.62. The average molecular weight is 698 g/mol. The predicted molar refractivity (Wildman–Crippen MR) is 174 cm³/mol. The molecule has 4 aliphatic carbocycles. The second-order valence-electron chi connectivity index (χ2n) is 14.6. The standard InChI is InChI=1S/C36H41FNO10P/c1-33-11-10-25(40)15-24(33)8-9-26-27-16-31-36(30(42)19-46-49(43,44)45,34(27,2)17-29(41)35(26,33)37)48-32(47-31)22-5-3-4-20(13-22)12-21-6-7-23(18-39)28(38)14-21/h3-7,10-11,13-15,26-27,29,31-32,39,41H,8-9,12,16-19,38H2,1-2H3,(H2,43,44,45)/t26-,27-,29-,31+,32+,33-,34-,35-,36+/m0/s1. The molecule has 2 aromatic rings. The highest BCUT2D eigenvalue weighted by Crippen LogP contribution is 2.72. The number of ether oxygens (including phenoxy) is 2. The molecule has 0 unspecified atom stereocenters. The van der Waals surface area contributed by atoms with E-state index in [1.54, 1.807) is 38.1 Å². The van der Waals surface area contributed by atoms with Gasteiger partial charge in [0.15, 0.2) is 29.1 Å². The van der Waals surface area contributed by atoms with E-state index in [-0.39, 0.29) is 25.2 Å². The van der Waals surface area contributed by atoms with Crippen LogP contribution in [0.3, 0.4) is 0 Å². The number of rotatable bonds is 8. The molecule has 5 aliphatic rings. The van der Waals surface area contributed by atoms with Gasteiger partial charge >= 0.3 is 7.82 Å². The Morgan fingerprint density at radius 2 is 1.90 bits per heavy atom. The van der Waals surface area contributed by atoms with Gasteiger partial charge in [0.25, 0.3) is 0 Å². The Morgan fingerprint density at radius 1 is 1.14 bits per heavy atom. The van der Waals surface area contributed by atoms with Gasteiger partial charge in [0.2, 0.25) is 0 Å². The van der Waals surface area contributed by atoms with E-state index < -0.39 is 72.6 Å². The third kappa shape index (κ3) is 5.14. The van der Waals surface area contributed by atoms with E-state index in [0.717, 1.165) is 11.1 Å². The highest BCUT2D eigenvalue weighted by molar-refractivity contribution is 7.46. The molecule has 3 saturated carbocycles. The lowest BCUT2D eigenvalue weighted by molar-refractivity contribution is -0.231. The van der Waals surface area contributed by atoms with Crippen LogP contribution in [-0.4, -0.2) is 61.7 Å². The van der Waals surface area contributed by atoms with E-state index in [0.29, 0.717) is 41.6 Å². The summed E-state index contributed by atoms with van der Waals surface area (Å²) in [4.78, 5) is 45.4. The van der Waals surface area contributed by atoms with E-state index in [4.69, 9.17) is 19.7 Å². The van der Waals surface area contributed by atoms with Crippen LogP contribution in [0, 0.1) is 22.7 Å². The van der Waals surface area contributed by atoms with Crippen molar-refractivity contribution in [2.24, 2.45) is 22.7 Å². The van der Waals surface area contributed by atoms with Crippen molar-refractivity contribution in [3.63, 3.8) is 0 Å². The van der Waals surface area contributed by atoms with Gasteiger partial charge in [-0.25, -0.2) is 8.96 Å². The van der Waals surface area contributed by atoms with Crippen molar-refractivity contribution in [1.82, 2.24) is 0 Å². The number of carbonyl (C=O) groups excluding carboxylic acids is 2. The molecule has 7 rings (SSSR count). The molecule has 0 bridgehead atoms. The maximum atomic E-state index is 17.7. The van der Waals surface area contributed by atoms with Crippen LogP contribution in [-0.2, 0) is 41.2 Å². The fourth-order valence-corrected chi connectivity index (χ4v) is 10.1. The number of aliphatic hydroxyl groups excluding tert-OH is 2. The number of Topliss-reactive ketones (excluding diaryl/α,β-unsaturated/α-hetero) is 1. The number of benzene rings is 2. The number of allylic oxidation sites excluding steroid dienone is 4. The SMILES string of the molecule is C[C@]12C=CC(=O)C=C1CC[C@H]1[C@@H]3C[C@H]4O[C@@H](c5cccc(Cc6ccc(CO)c(N)c6)c5)O[C@@]4(C(=O)COP(=O)(O)O)[C@@]3(C)C[C@H](O)[C@@]12F. The van der Waals surface area contributed by atoms with E-state index >= 15 is 4.39 Å². The zero-order valence-corrected chi connectivity index (χ0v) is 28.1. The van der Waals surface area contributed by atoms with Gasteiger partial charge in [-0.15, -0.1) is 0 Å². The number of nitrogens with two attached hydrogens (primary N) is 1. The monoisotopic (exact) mass is 697 g/mol. The maximum absolute atomic E-state index is 17.7. The van der Waals surface area contributed by atoms with Crippen molar-refractivity contribution in [2.75, 3.05) is 12.3 Å². The molecule has 262 valence electrons. The number of phosphoric ester groups is 1. The number of halogens is 1. The normalized spacial score (nSPS) is 38.0. The minimum absolute atomic E-state index is 0.169. The van der Waals surface area contributed by atoms with Gasteiger partial charge < -0.3 is 35.2 Å². The molecule has 1 saturated heterocycles. The first-order chi connectivity index (χ1) is 23.1. The summed E-state index contributed by atoms with van der Waals surface area (Å²) in [6.45, 7) is 2.34. The maximum Gasteiger partial charge on any atom is 0.470 e. The summed E-state index contributed by atoms with van der Waals surface area (Å²) in [7, 11) is -5.05. The zero-order valence-electron chi connectivity index (χ0n) is 27.3. The van der Waals surface area contributed by atoms with E-state index in [1.807, 2.05) is 24.3 Å². The summed E-state index contributed by atoms with van der Waals surface area (Å²) in [5.41, 5.74) is 3.79. The van der Waals surface area contributed by atoms with Gasteiger partial charge in [-0.1, -0.05) is 55.0 Å². The second kappa shape index (κ2) is 11.7. The third-order valence-corrected chi connectivity index (χ3v) is 12.6. The molecule has 49 heavy (non-hydrogen) atoms. The van der Waals surface area contributed by atoms with Gasteiger partial charge in [-0.2, -0.15) is 0 Å². The molecule has 13 heteroatoms. The lowest BCUT2D eigenvalue weighted by Crippen LogP contribution is -2.69. The number of alkyl halides is 1. The van der Waals surface area contributed by atoms with Crippen molar-refractivity contribution < 1.29 is 52.5 Å². The predicted octanol–water partition coefficient (Wildman–Crippen LogP) is 4.16. The van der Waals surface area contributed by atoms with E-state index in [1.165, 1.54) is 12.2 Å². The Bertz CT molecular complexity index is 1830. The summed E-state index contributed by atoms with van der Waals surface area (Å²) >= 11 is 0.